The van der Waals surface area contributed by atoms with E-state index < -0.39 is 5.54 Å². The van der Waals surface area contributed by atoms with Crippen LogP contribution in [0.25, 0.3) is 0 Å². The molecule has 0 fully saturated rings. The molecule has 1 aromatic rings. The van der Waals surface area contributed by atoms with Gasteiger partial charge in [0.05, 0.1) is 6.61 Å². The summed E-state index contributed by atoms with van der Waals surface area (Å²) in [6.07, 6.45) is 1.72. The maximum atomic E-state index is 12.1. The molecule has 0 aliphatic heterocycles. The van der Waals surface area contributed by atoms with Crippen LogP contribution in [-0.4, -0.2) is 39.9 Å². The van der Waals surface area contributed by atoms with Crippen molar-refractivity contribution in [2.45, 2.75) is 51.4 Å². The molecule has 6 heteroatoms. The number of hydrogen-bond acceptors (Lipinski definition) is 6. The molecular weight excluding hydrogens is 274 g/mol. The van der Waals surface area contributed by atoms with Crippen LogP contribution in [0.1, 0.15) is 33.4 Å². The van der Waals surface area contributed by atoms with E-state index in [1.54, 1.807) is 6.20 Å². The van der Waals surface area contributed by atoms with E-state index in [-0.39, 0.29) is 12.0 Å². The van der Waals surface area contributed by atoms with Crippen molar-refractivity contribution in [2.24, 2.45) is 0 Å². The highest BCUT2D eigenvalue weighted by Gasteiger charge is 2.35. The molecule has 20 heavy (non-hydrogen) atoms. The first-order valence-electron chi connectivity index (χ1n) is 6.74. The molecule has 0 aliphatic carbocycles. The van der Waals surface area contributed by atoms with Gasteiger partial charge in [-0.3, -0.25) is 10.1 Å². The second-order valence-corrected chi connectivity index (χ2v) is 6.06. The maximum Gasteiger partial charge on any atom is 0.326 e. The van der Waals surface area contributed by atoms with E-state index in [9.17, 15) is 4.79 Å². The fourth-order valence-electron chi connectivity index (χ4n) is 1.79. The zero-order valence-corrected chi connectivity index (χ0v) is 13.6. The molecule has 0 spiro atoms. The Hall–Kier alpha value is -1.14. The molecule has 0 saturated carbocycles. The van der Waals surface area contributed by atoms with Gasteiger partial charge in [0, 0.05) is 23.7 Å². The number of nitrogens with zero attached hydrogens (tertiary/aromatic N) is 2. The Balaban J connectivity index is 2.76. The Kier molecular flexibility index (Phi) is 6.42. The monoisotopic (exact) mass is 297 g/mol. The number of ether oxygens (including phenoxy) is 1. The molecule has 1 unspecified atom stereocenters. The molecular formula is C14H23N3O2S. The van der Waals surface area contributed by atoms with Crippen LogP contribution in [0.4, 0.5) is 0 Å². The van der Waals surface area contributed by atoms with Crippen molar-refractivity contribution in [3.05, 3.63) is 18.0 Å². The van der Waals surface area contributed by atoms with Gasteiger partial charge in [-0.15, -0.1) is 0 Å². The third-order valence-electron chi connectivity index (χ3n) is 2.60. The Labute approximate surface area is 124 Å². The van der Waals surface area contributed by atoms with Gasteiger partial charge in [0.15, 0.2) is 5.16 Å². The van der Waals surface area contributed by atoms with Gasteiger partial charge in [-0.2, -0.15) is 0 Å². The predicted octanol–water partition coefficient (Wildman–Crippen LogP) is 2.20. The van der Waals surface area contributed by atoms with Crippen LogP contribution >= 0.6 is 11.8 Å². The highest BCUT2D eigenvalue weighted by molar-refractivity contribution is 7.99. The quantitative estimate of drug-likeness (QED) is 0.473. The smallest absolute Gasteiger partial charge is 0.326 e. The molecule has 0 saturated heterocycles. The van der Waals surface area contributed by atoms with Crippen molar-refractivity contribution < 1.29 is 9.53 Å². The molecule has 0 bridgehead atoms. The maximum absolute atomic E-state index is 12.1. The second-order valence-electron chi connectivity index (χ2n) is 5.12. The van der Waals surface area contributed by atoms with Crippen LogP contribution in [-0.2, 0) is 9.53 Å². The van der Waals surface area contributed by atoms with Crippen LogP contribution < -0.4 is 5.32 Å². The molecule has 1 rings (SSSR count). The Morgan fingerprint density at radius 3 is 2.80 bits per heavy atom. The zero-order chi connectivity index (χ0) is 15.2. The van der Waals surface area contributed by atoms with Gasteiger partial charge < -0.3 is 4.74 Å². The summed E-state index contributed by atoms with van der Waals surface area (Å²) in [7, 11) is 0. The van der Waals surface area contributed by atoms with Crippen LogP contribution in [0.2, 0.25) is 0 Å². The van der Waals surface area contributed by atoms with Crippen LogP contribution in [0.15, 0.2) is 17.4 Å². The summed E-state index contributed by atoms with van der Waals surface area (Å²) in [5, 5.41) is 3.95. The first-order chi connectivity index (χ1) is 9.37. The summed E-state index contributed by atoms with van der Waals surface area (Å²) in [6.45, 7) is 9.97. The summed E-state index contributed by atoms with van der Waals surface area (Å²) in [6, 6.07) is 2.03. The van der Waals surface area contributed by atoms with Gasteiger partial charge in [0.1, 0.15) is 5.54 Å². The molecule has 1 atom stereocenters. The summed E-state index contributed by atoms with van der Waals surface area (Å²) in [5.41, 5.74) is 0.166. The Morgan fingerprint density at radius 1 is 1.55 bits per heavy atom. The number of thioether (sulfide) groups is 1. The third-order valence-corrected chi connectivity index (χ3v) is 3.77. The molecule has 0 radical (unpaired) electrons. The van der Waals surface area contributed by atoms with E-state index in [0.717, 1.165) is 5.69 Å². The van der Waals surface area contributed by atoms with E-state index in [0.29, 0.717) is 17.5 Å². The number of aryl methyl sites for hydroxylation is 1. The van der Waals surface area contributed by atoms with Crippen molar-refractivity contribution in [1.82, 2.24) is 15.3 Å². The fourth-order valence-corrected chi connectivity index (χ4v) is 2.75. The minimum Gasteiger partial charge on any atom is -0.465 e. The lowest BCUT2D eigenvalue weighted by Crippen LogP contribution is -2.55. The molecule has 1 heterocycles. The van der Waals surface area contributed by atoms with Gasteiger partial charge >= 0.3 is 5.97 Å². The van der Waals surface area contributed by atoms with Gasteiger partial charge in [-0.25, -0.2) is 9.97 Å². The van der Waals surface area contributed by atoms with E-state index in [2.05, 4.69) is 15.3 Å². The summed E-state index contributed by atoms with van der Waals surface area (Å²) < 4.78 is 5.16. The number of nitrogens with one attached hydrogen (secondary N) is 1. The van der Waals surface area contributed by atoms with Gasteiger partial charge in [0.25, 0.3) is 0 Å². The minimum absolute atomic E-state index is 0.184. The van der Waals surface area contributed by atoms with Crippen LogP contribution in [0.5, 0.6) is 0 Å². The van der Waals surface area contributed by atoms with Crippen molar-refractivity contribution >= 4 is 17.7 Å². The lowest BCUT2D eigenvalue weighted by Gasteiger charge is -2.30. The number of carbonyl (C=O) groups is 1. The lowest BCUT2D eigenvalue weighted by molar-refractivity contribution is -0.149. The third kappa shape index (κ3) is 5.09. The van der Waals surface area contributed by atoms with E-state index in [4.69, 9.17) is 4.74 Å². The topological polar surface area (TPSA) is 64.1 Å². The zero-order valence-electron chi connectivity index (χ0n) is 12.8. The van der Waals surface area contributed by atoms with Crippen LogP contribution in [0.3, 0.4) is 0 Å². The number of hydrogen-bond donors (Lipinski definition) is 1. The Morgan fingerprint density at radius 2 is 2.25 bits per heavy atom. The number of rotatable bonds is 7. The number of aromatic nitrogens is 2. The molecule has 112 valence electrons. The number of carbonyl (C=O) groups excluding carboxylic acids is 1. The normalized spacial score (nSPS) is 14.1. The van der Waals surface area contributed by atoms with E-state index in [1.165, 1.54) is 11.8 Å². The standard InChI is InChI=1S/C14H23N3O2S/c1-6-19-12(18)14(5,17-10(2)3)9-20-13-15-8-7-11(4)16-13/h7-8,10,17H,6,9H2,1-5H3. The predicted molar refractivity (Wildman–Crippen MR) is 80.8 cm³/mol. The number of esters is 1. The fraction of sp³-hybridized carbons (Fsp3) is 0.643. The minimum atomic E-state index is -0.748. The molecule has 1 aromatic heterocycles. The first kappa shape index (κ1) is 16.9. The molecule has 5 nitrogen and oxygen atoms in total. The first-order valence-corrected chi connectivity index (χ1v) is 7.73. The highest BCUT2D eigenvalue weighted by atomic mass is 32.2. The van der Waals surface area contributed by atoms with Crippen molar-refractivity contribution in [3.8, 4) is 0 Å². The molecule has 0 aliphatic rings. The van der Waals surface area contributed by atoms with Crippen molar-refractivity contribution in [2.75, 3.05) is 12.4 Å². The summed E-state index contributed by atoms with van der Waals surface area (Å²) >= 11 is 1.45. The molecule has 1 N–H and O–H groups in total. The van der Waals surface area contributed by atoms with Gasteiger partial charge in [0.2, 0.25) is 0 Å². The Bertz CT molecular complexity index is 454. The van der Waals surface area contributed by atoms with Crippen molar-refractivity contribution in [1.29, 1.82) is 0 Å². The largest absolute Gasteiger partial charge is 0.465 e. The van der Waals surface area contributed by atoms with Gasteiger partial charge in [-0.05, 0) is 40.7 Å². The summed E-state index contributed by atoms with van der Waals surface area (Å²) in [4.78, 5) is 20.7. The SMILES string of the molecule is CCOC(=O)C(C)(CSc1nccc(C)n1)NC(C)C. The second kappa shape index (κ2) is 7.59. The van der Waals surface area contributed by atoms with Crippen LogP contribution in [0, 0.1) is 6.92 Å². The summed E-state index contributed by atoms with van der Waals surface area (Å²) in [5.74, 6) is 0.279. The average Bonchev–Trinajstić information content (AvgIpc) is 2.36. The average molecular weight is 297 g/mol. The van der Waals surface area contributed by atoms with E-state index in [1.807, 2.05) is 40.7 Å². The lowest BCUT2D eigenvalue weighted by atomic mass is 10.0. The van der Waals surface area contributed by atoms with Crippen molar-refractivity contribution in [3.63, 3.8) is 0 Å². The molecule has 0 aromatic carbocycles. The molecule has 0 amide bonds. The van der Waals surface area contributed by atoms with Gasteiger partial charge in [-0.1, -0.05) is 11.8 Å². The van der Waals surface area contributed by atoms with E-state index >= 15 is 0 Å². The highest BCUT2D eigenvalue weighted by Crippen LogP contribution is 2.21.